The first kappa shape index (κ1) is 16.4. The summed E-state index contributed by atoms with van der Waals surface area (Å²) in [6, 6.07) is 4.11. The van der Waals surface area contributed by atoms with Gasteiger partial charge in [-0.3, -0.25) is 0 Å². The molecule has 1 aromatic carbocycles. The van der Waals surface area contributed by atoms with Crippen LogP contribution < -0.4 is 15.0 Å². The molecule has 1 N–H and O–H groups in total. The van der Waals surface area contributed by atoms with E-state index in [1.165, 1.54) is 11.3 Å². The van der Waals surface area contributed by atoms with Crippen molar-refractivity contribution in [2.24, 2.45) is 0 Å². The molecular weight excluding hydrogens is 286 g/mol. The number of ether oxygens (including phenoxy) is 1. The summed E-state index contributed by atoms with van der Waals surface area (Å²) < 4.78 is 5.82. The number of nitrogens with zero attached hydrogens (tertiary/aromatic N) is 2. The molecule has 2 rings (SSSR count). The number of hydrogen-bond acceptors (Lipinski definition) is 4. The van der Waals surface area contributed by atoms with Gasteiger partial charge in [0, 0.05) is 38.4 Å². The summed E-state index contributed by atoms with van der Waals surface area (Å²) in [5.41, 5.74) is 2.45. The topological polar surface area (TPSA) is 27.7 Å². The minimum atomic E-state index is 0.699. The van der Waals surface area contributed by atoms with Crippen molar-refractivity contribution in [3.63, 3.8) is 0 Å². The summed E-state index contributed by atoms with van der Waals surface area (Å²) >= 11 is 6.38. The van der Waals surface area contributed by atoms with E-state index in [-0.39, 0.29) is 0 Å². The molecule has 5 heteroatoms. The number of halogens is 1. The Labute approximate surface area is 133 Å². The largest absolute Gasteiger partial charge is 0.492 e. The minimum Gasteiger partial charge on any atom is -0.492 e. The van der Waals surface area contributed by atoms with Gasteiger partial charge < -0.3 is 19.9 Å². The standard InChI is InChI=1S/C16H26ClN3O/c1-13-11-16(21-10-4-7-19(2)3)14(17)12-15(13)20-8-5-18-6-9-20/h11-12,18H,4-10H2,1-3H3. The third-order valence-corrected chi connectivity index (χ3v) is 4.01. The van der Waals surface area contributed by atoms with Gasteiger partial charge >= 0.3 is 0 Å². The van der Waals surface area contributed by atoms with E-state index in [0.29, 0.717) is 11.6 Å². The van der Waals surface area contributed by atoms with Crippen LogP contribution in [0, 0.1) is 6.92 Å². The first-order chi connectivity index (χ1) is 10.1. The number of nitrogens with one attached hydrogen (secondary N) is 1. The highest BCUT2D eigenvalue weighted by molar-refractivity contribution is 6.32. The molecule has 0 saturated carbocycles. The summed E-state index contributed by atoms with van der Waals surface area (Å²) in [7, 11) is 4.14. The second kappa shape index (κ2) is 7.87. The molecule has 0 aromatic heterocycles. The quantitative estimate of drug-likeness (QED) is 0.817. The maximum Gasteiger partial charge on any atom is 0.138 e. The molecule has 4 nitrogen and oxygen atoms in total. The Hall–Kier alpha value is -0.970. The van der Waals surface area contributed by atoms with Gasteiger partial charge in [0.05, 0.1) is 11.6 Å². The van der Waals surface area contributed by atoms with Crippen LogP contribution >= 0.6 is 11.6 Å². The third-order valence-electron chi connectivity index (χ3n) is 3.72. The zero-order valence-electron chi connectivity index (χ0n) is 13.3. The molecule has 0 atom stereocenters. The van der Waals surface area contributed by atoms with E-state index in [4.69, 9.17) is 16.3 Å². The lowest BCUT2D eigenvalue weighted by atomic mass is 10.1. The van der Waals surface area contributed by atoms with Crippen molar-refractivity contribution in [3.05, 3.63) is 22.7 Å². The summed E-state index contributed by atoms with van der Waals surface area (Å²) in [6.07, 6.45) is 1.00. The average Bonchev–Trinajstić information content (AvgIpc) is 2.47. The number of rotatable bonds is 6. The van der Waals surface area contributed by atoms with Crippen molar-refractivity contribution in [1.82, 2.24) is 10.2 Å². The SMILES string of the molecule is Cc1cc(OCCCN(C)C)c(Cl)cc1N1CCNCC1. The fraction of sp³-hybridized carbons (Fsp3) is 0.625. The van der Waals surface area contributed by atoms with Crippen molar-refractivity contribution in [1.29, 1.82) is 0 Å². The van der Waals surface area contributed by atoms with Crippen LogP contribution in [0.1, 0.15) is 12.0 Å². The molecule has 1 aliphatic rings. The molecule has 1 aromatic rings. The molecule has 1 heterocycles. The van der Waals surface area contributed by atoms with Crippen molar-refractivity contribution >= 4 is 17.3 Å². The van der Waals surface area contributed by atoms with E-state index in [1.807, 2.05) is 6.07 Å². The van der Waals surface area contributed by atoms with Gasteiger partial charge in [0.15, 0.2) is 0 Å². The normalized spacial score (nSPS) is 15.6. The summed E-state index contributed by atoms with van der Waals surface area (Å²) in [5.74, 6) is 0.798. The summed E-state index contributed by atoms with van der Waals surface area (Å²) in [4.78, 5) is 4.54. The van der Waals surface area contributed by atoms with Gasteiger partial charge in [-0.25, -0.2) is 0 Å². The molecule has 0 bridgehead atoms. The van der Waals surface area contributed by atoms with Crippen LogP contribution in [0.15, 0.2) is 12.1 Å². The second-order valence-corrected chi connectivity index (χ2v) is 6.22. The van der Waals surface area contributed by atoms with Crippen molar-refractivity contribution < 1.29 is 4.74 Å². The number of piperazine rings is 1. The highest BCUT2D eigenvalue weighted by Crippen LogP contribution is 2.33. The molecule has 0 aliphatic carbocycles. The van der Waals surface area contributed by atoms with Crippen LogP contribution in [0.4, 0.5) is 5.69 Å². The van der Waals surface area contributed by atoms with E-state index >= 15 is 0 Å². The van der Waals surface area contributed by atoms with E-state index in [1.54, 1.807) is 0 Å². The summed E-state index contributed by atoms with van der Waals surface area (Å²) in [5, 5.41) is 4.08. The number of aryl methyl sites for hydroxylation is 1. The van der Waals surface area contributed by atoms with Crippen LogP contribution in [-0.4, -0.2) is 58.3 Å². The lowest BCUT2D eigenvalue weighted by molar-refractivity contribution is 0.281. The Morgan fingerprint density at radius 2 is 2.00 bits per heavy atom. The van der Waals surface area contributed by atoms with Crippen LogP contribution in [0.5, 0.6) is 5.75 Å². The van der Waals surface area contributed by atoms with Gasteiger partial charge in [-0.15, -0.1) is 0 Å². The predicted molar refractivity (Wildman–Crippen MR) is 89.9 cm³/mol. The van der Waals surface area contributed by atoms with Crippen molar-refractivity contribution in [3.8, 4) is 5.75 Å². The monoisotopic (exact) mass is 311 g/mol. The first-order valence-corrected chi connectivity index (χ1v) is 7.99. The van der Waals surface area contributed by atoms with Crippen LogP contribution in [-0.2, 0) is 0 Å². The Balaban J connectivity index is 1.99. The lowest BCUT2D eigenvalue weighted by Crippen LogP contribution is -2.43. The minimum absolute atomic E-state index is 0.699. The number of anilines is 1. The Bertz CT molecular complexity index is 459. The average molecular weight is 312 g/mol. The van der Waals surface area contributed by atoms with E-state index in [9.17, 15) is 0 Å². The van der Waals surface area contributed by atoms with Crippen LogP contribution in [0.3, 0.4) is 0 Å². The number of hydrogen-bond donors (Lipinski definition) is 1. The molecule has 1 fully saturated rings. The first-order valence-electron chi connectivity index (χ1n) is 7.61. The predicted octanol–water partition coefficient (Wildman–Crippen LogP) is 2.39. The van der Waals surface area contributed by atoms with Gasteiger partial charge in [-0.05, 0) is 45.1 Å². The van der Waals surface area contributed by atoms with Gasteiger partial charge in [0.2, 0.25) is 0 Å². The molecule has 0 spiro atoms. The van der Waals surface area contributed by atoms with Crippen LogP contribution in [0.25, 0.3) is 0 Å². The maximum atomic E-state index is 6.38. The molecule has 1 saturated heterocycles. The highest BCUT2D eigenvalue weighted by atomic mass is 35.5. The molecule has 1 aliphatic heterocycles. The molecule has 118 valence electrons. The van der Waals surface area contributed by atoms with Gasteiger partial charge in [0.1, 0.15) is 5.75 Å². The Kier molecular flexibility index (Phi) is 6.15. The molecule has 0 unspecified atom stereocenters. The van der Waals surface area contributed by atoms with Crippen LogP contribution in [0.2, 0.25) is 5.02 Å². The summed E-state index contributed by atoms with van der Waals surface area (Å²) in [6.45, 7) is 7.96. The lowest BCUT2D eigenvalue weighted by Gasteiger charge is -2.31. The van der Waals surface area contributed by atoms with Gasteiger partial charge in [0.25, 0.3) is 0 Å². The number of benzene rings is 1. The Morgan fingerprint density at radius 3 is 2.67 bits per heavy atom. The van der Waals surface area contributed by atoms with Crippen molar-refractivity contribution in [2.45, 2.75) is 13.3 Å². The van der Waals surface area contributed by atoms with Gasteiger partial charge in [-0.1, -0.05) is 11.6 Å². The fourth-order valence-corrected chi connectivity index (χ4v) is 2.78. The molecule has 0 amide bonds. The fourth-order valence-electron chi connectivity index (χ4n) is 2.56. The van der Waals surface area contributed by atoms with E-state index in [2.05, 4.69) is 42.2 Å². The zero-order chi connectivity index (χ0) is 15.2. The molecular formula is C16H26ClN3O. The Morgan fingerprint density at radius 1 is 1.29 bits per heavy atom. The zero-order valence-corrected chi connectivity index (χ0v) is 14.0. The smallest absolute Gasteiger partial charge is 0.138 e. The third kappa shape index (κ3) is 4.77. The van der Waals surface area contributed by atoms with Gasteiger partial charge in [-0.2, -0.15) is 0 Å². The van der Waals surface area contributed by atoms with Crippen molar-refractivity contribution in [2.75, 3.05) is 58.3 Å². The maximum absolute atomic E-state index is 6.38. The molecule has 0 radical (unpaired) electrons. The van der Waals surface area contributed by atoms with E-state index in [0.717, 1.165) is 44.9 Å². The highest BCUT2D eigenvalue weighted by Gasteiger charge is 2.15. The second-order valence-electron chi connectivity index (χ2n) is 5.81. The molecule has 21 heavy (non-hydrogen) atoms. The van der Waals surface area contributed by atoms with E-state index < -0.39 is 0 Å².